The summed E-state index contributed by atoms with van der Waals surface area (Å²) in [4.78, 5) is 14.2. The molecule has 0 saturated carbocycles. The zero-order valence-electron chi connectivity index (χ0n) is 24.5. The van der Waals surface area contributed by atoms with Gasteiger partial charge in [0.2, 0.25) is 8.32 Å². The number of nitrogens with zero attached hydrogens (tertiary/aromatic N) is 1. The quantitative estimate of drug-likeness (QED) is 0.261. The Balaban J connectivity index is 1.36. The summed E-state index contributed by atoms with van der Waals surface area (Å²) in [5.41, 5.74) is 2.81. The summed E-state index contributed by atoms with van der Waals surface area (Å²) in [6.45, 7) is 20.3. The maximum atomic E-state index is 12.4. The smallest absolute Gasteiger partial charge is 0.410 e. The normalized spacial score (nSPS) is 14.1. The molecule has 1 N–H and O–H groups in total. The summed E-state index contributed by atoms with van der Waals surface area (Å²) in [5.74, 6) is 1.80. The highest BCUT2D eigenvalue weighted by molar-refractivity contribution is 6.74. The summed E-state index contributed by atoms with van der Waals surface area (Å²) in [6.07, 6.45) is 0.474. The molecule has 0 aromatic heterocycles. The highest BCUT2D eigenvalue weighted by Crippen LogP contribution is 2.37. The van der Waals surface area contributed by atoms with E-state index in [0.29, 0.717) is 39.5 Å². The summed E-state index contributed by atoms with van der Waals surface area (Å²) in [7, 11) is -1.83. The van der Waals surface area contributed by atoms with Crippen molar-refractivity contribution in [2.75, 3.05) is 38.2 Å². The van der Waals surface area contributed by atoms with Crippen molar-refractivity contribution in [2.45, 2.75) is 78.2 Å². The third-order valence-corrected chi connectivity index (χ3v) is 11.3. The lowest BCUT2D eigenvalue weighted by Crippen LogP contribution is -2.43. The molecule has 210 valence electrons. The van der Waals surface area contributed by atoms with E-state index in [1.807, 2.05) is 63.2 Å². The Labute approximate surface area is 229 Å². The highest BCUT2D eigenvalue weighted by Gasteiger charge is 2.38. The molecule has 0 spiro atoms. The maximum absolute atomic E-state index is 12.4. The van der Waals surface area contributed by atoms with Gasteiger partial charge in [0.05, 0.1) is 13.2 Å². The van der Waals surface area contributed by atoms with E-state index in [0.717, 1.165) is 34.7 Å². The number of carbonyl (C=O) groups excluding carboxylic acids is 1. The number of fused-ring (bicyclic) bond motifs is 1. The molecular weight excluding hydrogens is 496 g/mol. The minimum Gasteiger partial charge on any atom is -0.544 e. The first kappa shape index (κ1) is 29.8. The number of nitrogens with one attached hydrogen (secondary N) is 1. The van der Waals surface area contributed by atoms with Crippen molar-refractivity contribution in [1.82, 2.24) is 4.90 Å². The van der Waals surface area contributed by atoms with Crippen LogP contribution in [-0.4, -0.2) is 57.8 Å². The van der Waals surface area contributed by atoms with Gasteiger partial charge in [-0.05, 0) is 81.2 Å². The van der Waals surface area contributed by atoms with Gasteiger partial charge in [-0.1, -0.05) is 32.9 Å². The van der Waals surface area contributed by atoms with Gasteiger partial charge in [0.15, 0.2) is 0 Å². The molecule has 0 unspecified atom stereocenters. The van der Waals surface area contributed by atoms with Gasteiger partial charge in [-0.25, -0.2) is 4.79 Å². The van der Waals surface area contributed by atoms with Crippen LogP contribution >= 0.6 is 0 Å². The van der Waals surface area contributed by atoms with Crippen molar-refractivity contribution in [3.63, 3.8) is 0 Å². The summed E-state index contributed by atoms with van der Waals surface area (Å²) in [6, 6.07) is 14.2. The van der Waals surface area contributed by atoms with Crippen LogP contribution in [0.1, 0.15) is 52.7 Å². The van der Waals surface area contributed by atoms with E-state index < -0.39 is 13.9 Å². The minimum absolute atomic E-state index is 0.174. The molecule has 1 heterocycles. The summed E-state index contributed by atoms with van der Waals surface area (Å²) in [5, 5.41) is 3.56. The Morgan fingerprint density at radius 1 is 0.974 bits per heavy atom. The van der Waals surface area contributed by atoms with Gasteiger partial charge in [0.25, 0.3) is 0 Å². The lowest BCUT2D eigenvalue weighted by Gasteiger charge is -2.36. The molecule has 1 aliphatic heterocycles. The van der Waals surface area contributed by atoms with Crippen LogP contribution in [0.4, 0.5) is 10.5 Å². The number of rotatable bonds is 10. The van der Waals surface area contributed by atoms with Gasteiger partial charge in [-0.2, -0.15) is 0 Å². The molecule has 1 aliphatic rings. The minimum atomic E-state index is -1.83. The fourth-order valence-electron chi connectivity index (χ4n) is 3.86. The lowest BCUT2D eigenvalue weighted by molar-refractivity contribution is 0.0222. The van der Waals surface area contributed by atoms with E-state index in [1.54, 1.807) is 4.90 Å². The molecule has 0 aliphatic carbocycles. The van der Waals surface area contributed by atoms with Crippen LogP contribution in [-0.2, 0) is 22.4 Å². The van der Waals surface area contributed by atoms with Gasteiger partial charge in [-0.15, -0.1) is 0 Å². The van der Waals surface area contributed by atoms with Crippen LogP contribution in [0.25, 0.3) is 0 Å². The third kappa shape index (κ3) is 8.66. The van der Waals surface area contributed by atoms with Crippen LogP contribution in [0.15, 0.2) is 42.5 Å². The van der Waals surface area contributed by atoms with Gasteiger partial charge in [-0.3, -0.25) is 0 Å². The molecule has 2 aromatic rings. The van der Waals surface area contributed by atoms with Crippen molar-refractivity contribution in [3.05, 3.63) is 53.6 Å². The second-order valence-electron chi connectivity index (χ2n) is 12.3. The zero-order chi connectivity index (χ0) is 28.0. The van der Waals surface area contributed by atoms with E-state index in [2.05, 4.69) is 39.2 Å². The number of amides is 1. The number of anilines is 1. The fourth-order valence-corrected chi connectivity index (χ4v) is 4.89. The molecule has 1 amide bonds. The Morgan fingerprint density at radius 3 is 2.34 bits per heavy atom. The predicted octanol–water partition coefficient (Wildman–Crippen LogP) is 6.87. The molecule has 0 saturated heterocycles. The third-order valence-electron chi connectivity index (χ3n) is 6.97. The van der Waals surface area contributed by atoms with Crippen LogP contribution < -0.4 is 14.5 Å². The first-order valence-electron chi connectivity index (χ1n) is 13.6. The second-order valence-corrected chi connectivity index (χ2v) is 17.0. The Hall–Kier alpha value is -2.71. The van der Waals surface area contributed by atoms with E-state index in [-0.39, 0.29) is 11.1 Å². The van der Waals surface area contributed by atoms with Crippen molar-refractivity contribution in [3.8, 4) is 11.5 Å². The summed E-state index contributed by atoms with van der Waals surface area (Å²) >= 11 is 0. The molecule has 38 heavy (non-hydrogen) atoms. The van der Waals surface area contributed by atoms with Gasteiger partial charge in [0, 0.05) is 30.9 Å². The highest BCUT2D eigenvalue weighted by atomic mass is 28.4. The first-order valence-corrected chi connectivity index (χ1v) is 16.5. The fraction of sp³-hybridized carbons (Fsp3) is 0.567. The molecule has 0 fully saturated rings. The molecule has 0 bridgehead atoms. The molecule has 2 aromatic carbocycles. The van der Waals surface area contributed by atoms with Crippen molar-refractivity contribution < 1.29 is 23.4 Å². The molecule has 7 nitrogen and oxygen atoms in total. The van der Waals surface area contributed by atoms with Crippen molar-refractivity contribution in [1.29, 1.82) is 0 Å². The Bertz CT molecular complexity index is 1060. The monoisotopic (exact) mass is 542 g/mol. The lowest BCUT2D eigenvalue weighted by atomic mass is 9.99. The zero-order valence-corrected chi connectivity index (χ0v) is 25.5. The number of benzene rings is 2. The number of ether oxygens (including phenoxy) is 3. The molecule has 0 radical (unpaired) electrons. The van der Waals surface area contributed by atoms with Crippen molar-refractivity contribution in [2.24, 2.45) is 0 Å². The Kier molecular flexibility index (Phi) is 9.76. The number of hydrogen-bond donors (Lipinski definition) is 1. The van der Waals surface area contributed by atoms with E-state index in [1.165, 1.54) is 0 Å². The largest absolute Gasteiger partial charge is 0.544 e. The number of carbonyl (C=O) groups is 1. The average Bonchev–Trinajstić information content (AvgIpc) is 2.82. The topological polar surface area (TPSA) is 69.3 Å². The van der Waals surface area contributed by atoms with E-state index in [4.69, 9.17) is 18.6 Å². The van der Waals surface area contributed by atoms with Crippen LogP contribution in [0.2, 0.25) is 18.1 Å². The number of hydrogen-bond acceptors (Lipinski definition) is 6. The van der Waals surface area contributed by atoms with Crippen LogP contribution in [0, 0.1) is 0 Å². The molecule has 8 heteroatoms. The van der Waals surface area contributed by atoms with Crippen LogP contribution in [0.5, 0.6) is 11.5 Å². The standard InChI is InChI=1S/C30H46N2O5Si/c1-29(2,3)36-28(33)32-18-16-26-23(22-32)10-9-11-27(26)35-21-20-34-19-17-31-24-12-14-25(15-13-24)37-38(7,8)30(4,5)6/h9-15,31H,16-22H2,1-8H3. The first-order chi connectivity index (χ1) is 17.7. The van der Waals surface area contributed by atoms with Gasteiger partial charge in [0.1, 0.15) is 23.7 Å². The van der Waals surface area contributed by atoms with Crippen molar-refractivity contribution >= 4 is 20.1 Å². The van der Waals surface area contributed by atoms with E-state index in [9.17, 15) is 4.79 Å². The average molecular weight is 543 g/mol. The molecular formula is C30H46N2O5Si. The van der Waals surface area contributed by atoms with Crippen LogP contribution in [0.3, 0.4) is 0 Å². The maximum Gasteiger partial charge on any atom is 0.410 e. The van der Waals surface area contributed by atoms with Gasteiger partial charge < -0.3 is 28.9 Å². The Morgan fingerprint density at radius 2 is 1.68 bits per heavy atom. The van der Waals surface area contributed by atoms with Gasteiger partial charge >= 0.3 is 6.09 Å². The molecule has 0 atom stereocenters. The summed E-state index contributed by atoms with van der Waals surface area (Å²) < 4.78 is 23.7. The second kappa shape index (κ2) is 12.4. The predicted molar refractivity (Wildman–Crippen MR) is 156 cm³/mol. The van der Waals surface area contributed by atoms with E-state index >= 15 is 0 Å². The molecule has 3 rings (SSSR count). The SMILES string of the molecule is CC(C)(C)OC(=O)N1CCc2c(cccc2OCCOCCNc2ccc(O[Si](C)(C)C(C)(C)C)cc2)C1.